The third kappa shape index (κ3) is 5.45. The van der Waals surface area contributed by atoms with Crippen molar-refractivity contribution in [2.24, 2.45) is 0 Å². The summed E-state index contributed by atoms with van der Waals surface area (Å²) in [6, 6.07) is 13.7. The van der Waals surface area contributed by atoms with Crippen molar-refractivity contribution in [2.45, 2.75) is 25.1 Å². The number of fused-ring (bicyclic) bond motifs is 1. The van der Waals surface area contributed by atoms with Gasteiger partial charge in [-0.1, -0.05) is 53.5 Å². The molecule has 0 saturated carbocycles. The molecule has 0 aromatic heterocycles. The monoisotopic (exact) mass is 565 g/mol. The molecule has 6 nitrogen and oxygen atoms in total. The van der Waals surface area contributed by atoms with Gasteiger partial charge < -0.3 is 10.2 Å². The maximum Gasteiger partial charge on any atom is 0.428 e. The fourth-order valence-electron chi connectivity index (χ4n) is 4.25. The number of nitrogens with one attached hydrogen (secondary N) is 2. The Balaban J connectivity index is 1.68. The van der Waals surface area contributed by atoms with E-state index < -0.39 is 11.8 Å². The summed E-state index contributed by atoms with van der Waals surface area (Å²) in [5.41, 5.74) is 0.185. The normalized spacial score (nSPS) is 17.2. The average molecular weight is 566 g/mol. The molecule has 1 heterocycles. The maximum absolute atomic E-state index is 14.4. The summed E-state index contributed by atoms with van der Waals surface area (Å²) in [6.07, 6.45) is -3.33. The van der Waals surface area contributed by atoms with Crippen molar-refractivity contribution in [1.82, 2.24) is 15.7 Å². The summed E-state index contributed by atoms with van der Waals surface area (Å²) in [5, 5.41) is 4.02. The zero-order valence-electron chi connectivity index (χ0n) is 20.5. The standard InChI is InChI=1S/C27H24Cl2F3N3O3/c1-16(36)35(2)11-5-10-33-25(37)23-9-8-22(20-6-3-4-7-21(20)23)24-15-26(38-34-24,27(30,31)32)17-12-18(28)14-19(29)13-17/h3-4,6-9,12-15,34H,5,10-11H2,1-2H3,(H,33,37). The van der Waals surface area contributed by atoms with E-state index in [1.807, 2.05) is 0 Å². The van der Waals surface area contributed by atoms with Crippen LogP contribution in [-0.4, -0.2) is 43.0 Å². The minimum absolute atomic E-state index is 0.0373. The van der Waals surface area contributed by atoms with E-state index in [9.17, 15) is 22.8 Å². The molecule has 2 amide bonds. The molecule has 0 radical (unpaired) electrons. The quantitative estimate of drug-likeness (QED) is 0.341. The minimum atomic E-state index is -4.85. The van der Waals surface area contributed by atoms with Crippen LogP contribution in [0.1, 0.15) is 34.8 Å². The van der Waals surface area contributed by atoms with Crippen LogP contribution in [0.3, 0.4) is 0 Å². The summed E-state index contributed by atoms with van der Waals surface area (Å²) in [6.45, 7) is 2.31. The van der Waals surface area contributed by atoms with Crippen LogP contribution in [0.5, 0.6) is 0 Å². The van der Waals surface area contributed by atoms with Crippen molar-refractivity contribution in [3.05, 3.63) is 87.4 Å². The molecule has 1 aliphatic heterocycles. The van der Waals surface area contributed by atoms with Crippen LogP contribution in [-0.2, 0) is 15.2 Å². The molecule has 38 heavy (non-hydrogen) atoms. The van der Waals surface area contributed by atoms with Crippen LogP contribution < -0.4 is 10.8 Å². The molecule has 4 rings (SSSR count). The number of amides is 2. The number of hydroxylamine groups is 1. The van der Waals surface area contributed by atoms with Gasteiger partial charge in [0.25, 0.3) is 5.91 Å². The van der Waals surface area contributed by atoms with Crippen LogP contribution in [0, 0.1) is 0 Å². The summed E-state index contributed by atoms with van der Waals surface area (Å²) >= 11 is 12.0. The number of benzene rings is 3. The van der Waals surface area contributed by atoms with Crippen LogP contribution in [0.4, 0.5) is 13.2 Å². The van der Waals surface area contributed by atoms with Crippen LogP contribution in [0.15, 0.2) is 60.7 Å². The zero-order valence-corrected chi connectivity index (χ0v) is 22.0. The lowest BCUT2D eigenvalue weighted by molar-refractivity contribution is -0.269. The van der Waals surface area contributed by atoms with Crippen molar-refractivity contribution in [3.8, 4) is 0 Å². The Morgan fingerprint density at radius 3 is 2.34 bits per heavy atom. The van der Waals surface area contributed by atoms with Crippen molar-refractivity contribution in [3.63, 3.8) is 0 Å². The molecule has 1 aliphatic rings. The average Bonchev–Trinajstić information content (AvgIpc) is 3.32. The molecule has 0 aliphatic carbocycles. The van der Waals surface area contributed by atoms with E-state index in [0.717, 1.165) is 18.2 Å². The molecule has 1 atom stereocenters. The Labute approximate surface area is 227 Å². The molecular formula is C27H24Cl2F3N3O3. The summed E-state index contributed by atoms with van der Waals surface area (Å²) in [5.74, 6) is -0.397. The van der Waals surface area contributed by atoms with Gasteiger partial charge >= 0.3 is 6.18 Å². The van der Waals surface area contributed by atoms with E-state index in [2.05, 4.69) is 10.8 Å². The van der Waals surface area contributed by atoms with Crippen molar-refractivity contribution >= 4 is 51.5 Å². The molecule has 1 unspecified atom stereocenters. The molecular weight excluding hydrogens is 542 g/mol. The van der Waals surface area contributed by atoms with Gasteiger partial charge in [0.05, 0.1) is 5.70 Å². The van der Waals surface area contributed by atoms with E-state index in [0.29, 0.717) is 41.4 Å². The number of halogens is 5. The van der Waals surface area contributed by atoms with E-state index in [4.69, 9.17) is 28.0 Å². The molecule has 0 saturated heterocycles. The van der Waals surface area contributed by atoms with Crippen LogP contribution in [0.25, 0.3) is 16.5 Å². The third-order valence-electron chi connectivity index (χ3n) is 6.33. The van der Waals surface area contributed by atoms with E-state index in [1.54, 1.807) is 48.3 Å². The largest absolute Gasteiger partial charge is 0.428 e. The van der Waals surface area contributed by atoms with Gasteiger partial charge in [-0.3, -0.25) is 19.9 Å². The van der Waals surface area contributed by atoms with E-state index in [1.165, 1.54) is 13.0 Å². The van der Waals surface area contributed by atoms with Gasteiger partial charge in [-0.2, -0.15) is 13.2 Å². The highest BCUT2D eigenvalue weighted by Crippen LogP contribution is 2.48. The number of hydrogen-bond acceptors (Lipinski definition) is 4. The predicted octanol–water partition coefficient (Wildman–Crippen LogP) is 6.08. The lowest BCUT2D eigenvalue weighted by Gasteiger charge is -2.28. The van der Waals surface area contributed by atoms with Gasteiger partial charge in [0.15, 0.2) is 0 Å². The molecule has 2 N–H and O–H groups in total. The highest BCUT2D eigenvalue weighted by molar-refractivity contribution is 6.34. The van der Waals surface area contributed by atoms with E-state index >= 15 is 0 Å². The Morgan fingerprint density at radius 1 is 1.05 bits per heavy atom. The second-order valence-corrected chi connectivity index (χ2v) is 9.78. The minimum Gasteiger partial charge on any atom is -0.352 e. The SMILES string of the molecule is CC(=O)N(C)CCCNC(=O)c1ccc(C2=CC(c3cc(Cl)cc(Cl)c3)(C(F)(F)F)ON2)c2ccccc12. The van der Waals surface area contributed by atoms with Crippen molar-refractivity contribution in [1.29, 1.82) is 0 Å². The summed E-state index contributed by atoms with van der Waals surface area (Å²) < 4.78 is 43.2. The molecule has 200 valence electrons. The second-order valence-electron chi connectivity index (χ2n) is 8.91. The Hall–Kier alpha value is -3.27. The first-order valence-corrected chi connectivity index (χ1v) is 12.4. The van der Waals surface area contributed by atoms with Gasteiger partial charge in [-0.05, 0) is 47.5 Å². The van der Waals surface area contributed by atoms with E-state index in [-0.39, 0.29) is 33.1 Å². The molecule has 3 aromatic carbocycles. The maximum atomic E-state index is 14.4. The molecule has 0 spiro atoms. The highest BCUT2D eigenvalue weighted by atomic mass is 35.5. The molecule has 0 fully saturated rings. The van der Waals surface area contributed by atoms with Gasteiger partial charge in [0, 0.05) is 53.8 Å². The number of rotatable bonds is 7. The lowest BCUT2D eigenvalue weighted by atomic mass is 9.90. The summed E-state index contributed by atoms with van der Waals surface area (Å²) in [4.78, 5) is 31.0. The second kappa shape index (κ2) is 10.8. The Bertz CT molecular complexity index is 1410. The van der Waals surface area contributed by atoms with Crippen LogP contribution >= 0.6 is 23.2 Å². The first-order chi connectivity index (χ1) is 17.9. The Kier molecular flexibility index (Phi) is 7.92. The fourth-order valence-corrected chi connectivity index (χ4v) is 4.77. The topological polar surface area (TPSA) is 70.7 Å². The number of nitrogens with zero attached hydrogens (tertiary/aromatic N) is 1. The van der Waals surface area contributed by atoms with Crippen LogP contribution in [0.2, 0.25) is 10.0 Å². The fraction of sp³-hybridized carbons (Fsp3) is 0.259. The van der Waals surface area contributed by atoms with Crippen molar-refractivity contribution in [2.75, 3.05) is 20.1 Å². The highest BCUT2D eigenvalue weighted by Gasteiger charge is 2.59. The van der Waals surface area contributed by atoms with Gasteiger partial charge in [-0.25, -0.2) is 0 Å². The number of carbonyl (C=O) groups excluding carboxylic acids is 2. The number of hydrogen-bond donors (Lipinski definition) is 2. The summed E-state index contributed by atoms with van der Waals surface area (Å²) in [7, 11) is 1.68. The van der Waals surface area contributed by atoms with Gasteiger partial charge in [0.2, 0.25) is 11.5 Å². The lowest BCUT2D eigenvalue weighted by Crippen LogP contribution is -2.42. The van der Waals surface area contributed by atoms with Crippen molar-refractivity contribution < 1.29 is 27.6 Å². The smallest absolute Gasteiger partial charge is 0.352 e. The zero-order chi connectivity index (χ0) is 27.7. The first-order valence-electron chi connectivity index (χ1n) is 11.6. The van der Waals surface area contributed by atoms with Gasteiger partial charge in [0.1, 0.15) is 0 Å². The molecule has 11 heteroatoms. The molecule has 3 aromatic rings. The number of alkyl halides is 3. The third-order valence-corrected chi connectivity index (χ3v) is 6.77. The Morgan fingerprint density at radius 2 is 1.71 bits per heavy atom. The predicted molar refractivity (Wildman–Crippen MR) is 141 cm³/mol. The molecule has 0 bridgehead atoms. The first kappa shape index (κ1) is 27.8. The van der Waals surface area contributed by atoms with Gasteiger partial charge in [-0.15, -0.1) is 0 Å². The number of carbonyl (C=O) groups is 2.